The zero-order valence-corrected chi connectivity index (χ0v) is 15.4. The molecule has 1 N–H and O–H groups in total. The van der Waals surface area contributed by atoms with Crippen LogP contribution < -0.4 is 10.2 Å². The summed E-state index contributed by atoms with van der Waals surface area (Å²) >= 11 is 0. The molecule has 2 saturated heterocycles. The molecular weight excluding hydrogens is 310 g/mol. The molecule has 0 bridgehead atoms. The molecule has 1 saturated carbocycles. The summed E-state index contributed by atoms with van der Waals surface area (Å²) in [6, 6.07) is 11.8. The smallest absolute Gasteiger partial charge is 0.239 e. The molecule has 0 spiro atoms. The Morgan fingerprint density at radius 2 is 1.80 bits per heavy atom. The molecular formula is C21H31N3O. The van der Waals surface area contributed by atoms with E-state index in [-0.39, 0.29) is 6.04 Å². The highest BCUT2D eigenvalue weighted by Crippen LogP contribution is 2.34. The van der Waals surface area contributed by atoms with E-state index in [1.165, 1.54) is 31.4 Å². The number of anilines is 1. The third kappa shape index (κ3) is 3.55. The van der Waals surface area contributed by atoms with E-state index in [1.54, 1.807) is 0 Å². The van der Waals surface area contributed by atoms with Crippen LogP contribution in [0.15, 0.2) is 30.3 Å². The average Bonchev–Trinajstić information content (AvgIpc) is 3.12. The molecule has 2 heterocycles. The molecule has 0 radical (unpaired) electrons. The summed E-state index contributed by atoms with van der Waals surface area (Å²) in [6.07, 6.45) is 8.44. The van der Waals surface area contributed by atoms with E-state index in [0.717, 1.165) is 38.3 Å². The molecule has 4 nitrogen and oxygen atoms in total. The van der Waals surface area contributed by atoms with Crippen LogP contribution in [0.4, 0.5) is 5.69 Å². The number of nitrogens with one attached hydrogen (secondary N) is 1. The monoisotopic (exact) mass is 341 g/mol. The van der Waals surface area contributed by atoms with E-state index in [1.807, 2.05) is 0 Å². The highest BCUT2D eigenvalue weighted by Gasteiger charge is 2.40. The van der Waals surface area contributed by atoms with Gasteiger partial charge >= 0.3 is 0 Å². The molecule has 25 heavy (non-hydrogen) atoms. The van der Waals surface area contributed by atoms with Crippen LogP contribution in [0.1, 0.15) is 44.9 Å². The standard InChI is InChI=1S/C21H31N3O/c1-23(17-8-3-2-4-9-17)18-11-13-24(14-12-18)21(25)20-15-16-7-5-6-10-19(16)22-20/h2-4,8-9,16,18-20,22H,5-7,10-15H2,1H3. The Kier molecular flexibility index (Phi) is 4.98. The molecule has 2 aliphatic heterocycles. The van der Waals surface area contributed by atoms with E-state index in [4.69, 9.17) is 0 Å². The Balaban J connectivity index is 1.30. The molecule has 3 aliphatic rings. The Morgan fingerprint density at radius 1 is 1.08 bits per heavy atom. The first-order chi connectivity index (χ1) is 12.2. The first-order valence-electron chi connectivity index (χ1n) is 10.0. The van der Waals surface area contributed by atoms with Gasteiger partial charge in [-0.15, -0.1) is 0 Å². The lowest BCUT2D eigenvalue weighted by molar-refractivity contribution is -0.134. The summed E-state index contributed by atoms with van der Waals surface area (Å²) in [4.78, 5) is 17.4. The van der Waals surface area contributed by atoms with Crippen LogP contribution in [0, 0.1) is 5.92 Å². The largest absolute Gasteiger partial charge is 0.371 e. The summed E-state index contributed by atoms with van der Waals surface area (Å²) in [5.41, 5.74) is 1.27. The van der Waals surface area contributed by atoms with Gasteiger partial charge in [0.25, 0.3) is 0 Å². The molecule has 4 rings (SSSR count). The second-order valence-corrected chi connectivity index (χ2v) is 8.11. The van der Waals surface area contributed by atoms with Crippen LogP contribution in [0.5, 0.6) is 0 Å². The zero-order chi connectivity index (χ0) is 17.2. The molecule has 136 valence electrons. The lowest BCUT2D eigenvalue weighted by Crippen LogP contribution is -2.51. The second-order valence-electron chi connectivity index (χ2n) is 8.11. The minimum absolute atomic E-state index is 0.0801. The minimum Gasteiger partial charge on any atom is -0.371 e. The average molecular weight is 341 g/mol. The van der Waals surface area contributed by atoms with Crippen LogP contribution in [0.2, 0.25) is 0 Å². The van der Waals surface area contributed by atoms with Crippen molar-refractivity contribution in [2.75, 3.05) is 25.0 Å². The summed E-state index contributed by atoms with van der Waals surface area (Å²) in [7, 11) is 2.18. The highest BCUT2D eigenvalue weighted by atomic mass is 16.2. The summed E-state index contributed by atoms with van der Waals surface area (Å²) < 4.78 is 0. The predicted octanol–water partition coefficient (Wildman–Crippen LogP) is 3.03. The van der Waals surface area contributed by atoms with Gasteiger partial charge in [0.2, 0.25) is 5.91 Å². The third-order valence-corrected chi connectivity index (χ3v) is 6.65. The quantitative estimate of drug-likeness (QED) is 0.918. The van der Waals surface area contributed by atoms with E-state index in [9.17, 15) is 4.79 Å². The minimum atomic E-state index is 0.0801. The van der Waals surface area contributed by atoms with E-state index in [0.29, 0.717) is 18.0 Å². The van der Waals surface area contributed by atoms with Gasteiger partial charge in [0, 0.05) is 37.9 Å². The van der Waals surface area contributed by atoms with Crippen molar-refractivity contribution in [2.45, 2.75) is 63.1 Å². The van der Waals surface area contributed by atoms with Crippen LogP contribution in [0.25, 0.3) is 0 Å². The Bertz CT molecular complexity index is 568. The molecule has 0 aromatic heterocycles. The van der Waals surface area contributed by atoms with Crippen LogP contribution in [-0.2, 0) is 4.79 Å². The number of para-hydroxylation sites is 1. The van der Waals surface area contributed by atoms with Crippen LogP contribution >= 0.6 is 0 Å². The number of likely N-dealkylation sites (tertiary alicyclic amines) is 1. The molecule has 3 fully saturated rings. The fourth-order valence-electron chi connectivity index (χ4n) is 5.08. The fourth-order valence-corrected chi connectivity index (χ4v) is 5.08. The van der Waals surface area contributed by atoms with Gasteiger partial charge in [-0.1, -0.05) is 31.0 Å². The first-order valence-corrected chi connectivity index (χ1v) is 10.0. The lowest BCUT2D eigenvalue weighted by atomic mass is 9.85. The molecule has 1 amide bonds. The third-order valence-electron chi connectivity index (χ3n) is 6.65. The molecule has 3 atom stereocenters. The maximum Gasteiger partial charge on any atom is 0.239 e. The predicted molar refractivity (Wildman–Crippen MR) is 102 cm³/mol. The number of hydrogen-bond acceptors (Lipinski definition) is 3. The van der Waals surface area contributed by atoms with E-state index < -0.39 is 0 Å². The van der Waals surface area contributed by atoms with Crippen LogP contribution in [0.3, 0.4) is 0 Å². The molecule has 1 aromatic carbocycles. The van der Waals surface area contributed by atoms with Crippen molar-refractivity contribution in [3.05, 3.63) is 30.3 Å². The maximum atomic E-state index is 12.9. The van der Waals surface area contributed by atoms with Gasteiger partial charge in [-0.25, -0.2) is 0 Å². The van der Waals surface area contributed by atoms with Gasteiger partial charge < -0.3 is 15.1 Å². The van der Waals surface area contributed by atoms with E-state index >= 15 is 0 Å². The van der Waals surface area contributed by atoms with Gasteiger partial charge in [0.15, 0.2) is 0 Å². The number of carbonyl (C=O) groups is 1. The summed E-state index contributed by atoms with van der Waals surface area (Å²) in [6.45, 7) is 1.79. The SMILES string of the molecule is CN(c1ccccc1)C1CCN(C(=O)C2CC3CCCCC3N2)CC1. The second kappa shape index (κ2) is 7.36. The zero-order valence-electron chi connectivity index (χ0n) is 15.4. The van der Waals surface area contributed by atoms with Gasteiger partial charge in [0.05, 0.1) is 6.04 Å². The van der Waals surface area contributed by atoms with Crippen molar-refractivity contribution in [2.24, 2.45) is 5.92 Å². The first kappa shape index (κ1) is 16.9. The van der Waals surface area contributed by atoms with E-state index in [2.05, 4.69) is 52.5 Å². The number of hydrogen-bond donors (Lipinski definition) is 1. The van der Waals surface area contributed by atoms with Crippen LogP contribution in [-0.4, -0.2) is 49.1 Å². The molecule has 4 heteroatoms. The van der Waals surface area contributed by atoms with Gasteiger partial charge in [0.1, 0.15) is 0 Å². The number of piperidine rings is 1. The Hall–Kier alpha value is -1.55. The topological polar surface area (TPSA) is 35.6 Å². The Morgan fingerprint density at radius 3 is 2.52 bits per heavy atom. The summed E-state index contributed by atoms with van der Waals surface area (Å²) in [5, 5.41) is 3.65. The van der Waals surface area contributed by atoms with Crippen molar-refractivity contribution in [3.63, 3.8) is 0 Å². The van der Waals surface area contributed by atoms with Crippen molar-refractivity contribution in [1.82, 2.24) is 10.2 Å². The van der Waals surface area contributed by atoms with Gasteiger partial charge in [-0.05, 0) is 50.2 Å². The molecule has 1 aromatic rings. The number of fused-ring (bicyclic) bond motifs is 1. The van der Waals surface area contributed by atoms with Crippen molar-refractivity contribution >= 4 is 11.6 Å². The number of carbonyl (C=O) groups excluding carboxylic acids is 1. The van der Waals surface area contributed by atoms with Gasteiger partial charge in [-0.2, -0.15) is 0 Å². The number of benzene rings is 1. The fraction of sp³-hybridized carbons (Fsp3) is 0.667. The number of rotatable bonds is 3. The molecule has 1 aliphatic carbocycles. The maximum absolute atomic E-state index is 12.9. The summed E-state index contributed by atoms with van der Waals surface area (Å²) in [5.74, 6) is 1.10. The van der Waals surface area contributed by atoms with Crippen molar-refractivity contribution < 1.29 is 4.79 Å². The van der Waals surface area contributed by atoms with Gasteiger partial charge in [-0.3, -0.25) is 4.79 Å². The highest BCUT2D eigenvalue weighted by molar-refractivity contribution is 5.82. The number of nitrogens with zero attached hydrogens (tertiary/aromatic N) is 2. The molecule has 3 unspecified atom stereocenters. The van der Waals surface area contributed by atoms with Crippen molar-refractivity contribution in [1.29, 1.82) is 0 Å². The lowest BCUT2D eigenvalue weighted by Gasteiger charge is -2.38. The normalized spacial score (nSPS) is 30.1. The Labute approximate surface area is 151 Å². The van der Waals surface area contributed by atoms with Crippen molar-refractivity contribution in [3.8, 4) is 0 Å². The number of amides is 1.